The van der Waals surface area contributed by atoms with E-state index in [1.165, 1.54) is 6.07 Å². The van der Waals surface area contributed by atoms with Crippen molar-refractivity contribution >= 4 is 0 Å². The first-order valence-electron chi connectivity index (χ1n) is 6.09. The van der Waals surface area contributed by atoms with Crippen molar-refractivity contribution in [1.82, 2.24) is 10.1 Å². The Labute approximate surface area is 115 Å². The first-order valence-corrected chi connectivity index (χ1v) is 6.09. The zero-order valence-electron chi connectivity index (χ0n) is 11.0. The number of aromatic nitrogens is 2. The fraction of sp³-hybridized carbons (Fsp3) is 0.385. The van der Waals surface area contributed by atoms with Gasteiger partial charge in [-0.3, -0.25) is 0 Å². The lowest BCUT2D eigenvalue weighted by molar-refractivity contribution is 0.0714. The highest BCUT2D eigenvalue weighted by Crippen LogP contribution is 2.28. The SMILES string of the molecule is COCCOCCc1noc(-c2cc(F)ccc2O)n1. The molecule has 2 rings (SSSR count). The van der Waals surface area contributed by atoms with E-state index < -0.39 is 5.82 Å². The molecule has 108 valence electrons. The average molecular weight is 282 g/mol. The Kier molecular flexibility index (Phi) is 5.03. The number of rotatable bonds is 7. The monoisotopic (exact) mass is 282 g/mol. The lowest BCUT2D eigenvalue weighted by Crippen LogP contribution is -2.05. The Morgan fingerprint density at radius 2 is 2.15 bits per heavy atom. The van der Waals surface area contributed by atoms with Crippen LogP contribution in [0.4, 0.5) is 4.39 Å². The van der Waals surface area contributed by atoms with E-state index in [0.717, 1.165) is 12.1 Å². The molecule has 1 aromatic carbocycles. The van der Waals surface area contributed by atoms with E-state index in [-0.39, 0.29) is 17.2 Å². The first-order chi connectivity index (χ1) is 9.70. The van der Waals surface area contributed by atoms with Crippen molar-refractivity contribution in [1.29, 1.82) is 0 Å². The molecular formula is C13H15FN2O4. The van der Waals surface area contributed by atoms with Crippen molar-refractivity contribution in [3.8, 4) is 17.2 Å². The maximum atomic E-state index is 13.1. The molecule has 0 saturated carbocycles. The molecule has 0 aliphatic carbocycles. The maximum absolute atomic E-state index is 13.1. The van der Waals surface area contributed by atoms with Crippen LogP contribution in [-0.4, -0.2) is 42.2 Å². The van der Waals surface area contributed by atoms with Crippen molar-refractivity contribution in [3.05, 3.63) is 29.8 Å². The van der Waals surface area contributed by atoms with Gasteiger partial charge in [0.25, 0.3) is 5.89 Å². The van der Waals surface area contributed by atoms with Crippen molar-refractivity contribution < 1.29 is 23.5 Å². The maximum Gasteiger partial charge on any atom is 0.261 e. The molecule has 0 atom stereocenters. The summed E-state index contributed by atoms with van der Waals surface area (Å²) in [5.41, 5.74) is 0.170. The zero-order chi connectivity index (χ0) is 14.4. The van der Waals surface area contributed by atoms with Crippen molar-refractivity contribution in [2.24, 2.45) is 0 Å². The molecule has 6 nitrogen and oxygen atoms in total. The summed E-state index contributed by atoms with van der Waals surface area (Å²) in [5, 5.41) is 13.4. The van der Waals surface area contributed by atoms with Crippen LogP contribution in [0.1, 0.15) is 5.82 Å². The highest BCUT2D eigenvalue weighted by Gasteiger charge is 2.13. The van der Waals surface area contributed by atoms with E-state index in [4.69, 9.17) is 14.0 Å². The van der Waals surface area contributed by atoms with E-state index in [2.05, 4.69) is 10.1 Å². The number of nitrogens with zero attached hydrogens (tertiary/aromatic N) is 2. The number of phenols is 1. The van der Waals surface area contributed by atoms with Crippen molar-refractivity contribution in [3.63, 3.8) is 0 Å². The summed E-state index contributed by atoms with van der Waals surface area (Å²) in [6, 6.07) is 3.53. The quantitative estimate of drug-likeness (QED) is 0.780. The molecule has 0 fully saturated rings. The highest BCUT2D eigenvalue weighted by atomic mass is 19.1. The summed E-state index contributed by atoms with van der Waals surface area (Å²) in [4.78, 5) is 4.08. The Bertz CT molecular complexity index is 559. The van der Waals surface area contributed by atoms with Gasteiger partial charge in [-0.2, -0.15) is 4.98 Å². The van der Waals surface area contributed by atoms with E-state index in [1.807, 2.05) is 0 Å². The third-order valence-electron chi connectivity index (χ3n) is 2.56. The summed E-state index contributed by atoms with van der Waals surface area (Å²) < 4.78 is 28.2. The number of hydrogen-bond donors (Lipinski definition) is 1. The molecule has 0 aliphatic rings. The summed E-state index contributed by atoms with van der Waals surface area (Å²) >= 11 is 0. The van der Waals surface area contributed by atoms with Crippen LogP contribution in [0.5, 0.6) is 5.75 Å². The van der Waals surface area contributed by atoms with Gasteiger partial charge in [0.05, 0.1) is 25.4 Å². The van der Waals surface area contributed by atoms with Gasteiger partial charge in [-0.25, -0.2) is 4.39 Å². The summed E-state index contributed by atoms with van der Waals surface area (Å²) in [7, 11) is 1.60. The normalized spacial score (nSPS) is 10.9. The third-order valence-corrected chi connectivity index (χ3v) is 2.56. The molecule has 0 amide bonds. The third kappa shape index (κ3) is 3.75. The molecule has 0 saturated heterocycles. The number of benzene rings is 1. The minimum Gasteiger partial charge on any atom is -0.507 e. The van der Waals surface area contributed by atoms with E-state index in [9.17, 15) is 9.50 Å². The number of methoxy groups -OCH3 is 1. The van der Waals surface area contributed by atoms with Crippen LogP contribution in [0.3, 0.4) is 0 Å². The molecule has 7 heteroatoms. The zero-order valence-corrected chi connectivity index (χ0v) is 11.0. The molecule has 20 heavy (non-hydrogen) atoms. The van der Waals surface area contributed by atoms with Crippen LogP contribution < -0.4 is 0 Å². The first kappa shape index (κ1) is 14.4. The molecule has 0 aliphatic heterocycles. The number of phenolic OH excluding ortho intramolecular Hbond substituents is 1. The number of aromatic hydroxyl groups is 1. The minimum absolute atomic E-state index is 0.0777. The minimum atomic E-state index is -0.486. The Morgan fingerprint density at radius 1 is 1.30 bits per heavy atom. The second-order valence-electron chi connectivity index (χ2n) is 4.03. The molecule has 0 unspecified atom stereocenters. The number of hydrogen-bond acceptors (Lipinski definition) is 6. The van der Waals surface area contributed by atoms with Gasteiger partial charge in [0, 0.05) is 13.5 Å². The lowest BCUT2D eigenvalue weighted by Gasteiger charge is -2.00. The molecule has 1 N–H and O–H groups in total. The topological polar surface area (TPSA) is 77.6 Å². The molecular weight excluding hydrogens is 267 g/mol. The van der Waals surface area contributed by atoms with Gasteiger partial charge >= 0.3 is 0 Å². The molecule has 0 radical (unpaired) electrons. The van der Waals surface area contributed by atoms with Gasteiger partial charge in [0.1, 0.15) is 11.6 Å². The largest absolute Gasteiger partial charge is 0.507 e. The molecule has 1 aromatic heterocycles. The summed E-state index contributed by atoms with van der Waals surface area (Å²) in [6.45, 7) is 1.44. The average Bonchev–Trinajstić information content (AvgIpc) is 2.90. The fourth-order valence-corrected chi connectivity index (χ4v) is 1.55. The van der Waals surface area contributed by atoms with E-state index >= 15 is 0 Å². The highest BCUT2D eigenvalue weighted by molar-refractivity contribution is 5.61. The van der Waals surface area contributed by atoms with Crippen molar-refractivity contribution in [2.45, 2.75) is 6.42 Å². The Balaban J connectivity index is 1.96. The number of ether oxygens (including phenoxy) is 2. The predicted octanol–water partition coefficient (Wildman–Crippen LogP) is 1.79. The van der Waals surface area contributed by atoms with Crippen LogP contribution in [-0.2, 0) is 15.9 Å². The molecule has 2 aromatic rings. The van der Waals surface area contributed by atoms with E-state index in [0.29, 0.717) is 32.1 Å². The fourth-order valence-electron chi connectivity index (χ4n) is 1.55. The van der Waals surface area contributed by atoms with Crippen molar-refractivity contribution in [2.75, 3.05) is 26.9 Å². The molecule has 0 bridgehead atoms. The van der Waals surface area contributed by atoms with Crippen LogP contribution in [0.2, 0.25) is 0 Å². The van der Waals surface area contributed by atoms with Crippen LogP contribution in [0.15, 0.2) is 22.7 Å². The molecule has 1 heterocycles. The predicted molar refractivity (Wildman–Crippen MR) is 67.8 cm³/mol. The Morgan fingerprint density at radius 3 is 2.95 bits per heavy atom. The second-order valence-corrected chi connectivity index (χ2v) is 4.03. The van der Waals surface area contributed by atoms with Gasteiger partial charge in [-0.1, -0.05) is 5.16 Å². The van der Waals surface area contributed by atoms with E-state index in [1.54, 1.807) is 7.11 Å². The second kappa shape index (κ2) is 6.97. The summed E-state index contributed by atoms with van der Waals surface area (Å²) in [5.74, 6) is -0.0895. The molecule has 0 spiro atoms. The van der Waals surface area contributed by atoms with Gasteiger partial charge in [0.2, 0.25) is 0 Å². The smallest absolute Gasteiger partial charge is 0.261 e. The van der Waals surface area contributed by atoms with Crippen LogP contribution in [0, 0.1) is 5.82 Å². The van der Waals surface area contributed by atoms with Crippen LogP contribution in [0.25, 0.3) is 11.5 Å². The summed E-state index contributed by atoms with van der Waals surface area (Å²) in [6.07, 6.45) is 0.462. The van der Waals surface area contributed by atoms with Gasteiger partial charge < -0.3 is 19.1 Å². The van der Waals surface area contributed by atoms with Gasteiger partial charge in [-0.05, 0) is 18.2 Å². The lowest BCUT2D eigenvalue weighted by atomic mass is 10.2. The van der Waals surface area contributed by atoms with Gasteiger partial charge in [-0.15, -0.1) is 0 Å². The Hall–Kier alpha value is -1.99. The standard InChI is InChI=1S/C13H15FN2O4/c1-18-6-7-19-5-4-12-15-13(20-16-12)10-8-9(14)2-3-11(10)17/h2-3,8,17H,4-7H2,1H3. The van der Waals surface area contributed by atoms with Gasteiger partial charge in [0.15, 0.2) is 5.82 Å². The number of halogens is 1. The van der Waals surface area contributed by atoms with Crippen LogP contribution >= 0.6 is 0 Å².